The first-order valence-electron chi connectivity index (χ1n) is 16.4. The number of furan rings is 1. The van der Waals surface area contributed by atoms with E-state index in [2.05, 4.69) is 6.07 Å². The summed E-state index contributed by atoms with van der Waals surface area (Å²) in [5.41, 5.74) is 6.68. The van der Waals surface area contributed by atoms with Crippen LogP contribution in [0, 0.1) is 0 Å². The average Bonchev–Trinajstić information content (AvgIpc) is 3.51. The number of rotatable bonds is 5. The van der Waals surface area contributed by atoms with Crippen molar-refractivity contribution in [2.45, 2.75) is 0 Å². The van der Waals surface area contributed by atoms with Crippen molar-refractivity contribution in [1.29, 1.82) is 0 Å². The van der Waals surface area contributed by atoms with Gasteiger partial charge in [0.1, 0.15) is 11.2 Å². The molecule has 4 heteroatoms. The van der Waals surface area contributed by atoms with Gasteiger partial charge in [0, 0.05) is 27.5 Å². The van der Waals surface area contributed by atoms with Crippen LogP contribution in [0.4, 0.5) is 0 Å². The van der Waals surface area contributed by atoms with Crippen molar-refractivity contribution in [2.75, 3.05) is 0 Å². The standard InChI is InChI=1S/C39H25N3O/c1-4-10-26(11-5-1)27-16-18-28(19-17-27)31-21-23-35-34(24-31)33-22-20-32(25-36(33)43-35)39-41-37(29-12-6-2-7-13-29)40-38(42-39)30-14-8-3-9-15-30/h1-25H/i1D,4D,5D,10D,11D. The molecule has 4 nitrogen and oxygen atoms in total. The molecule has 2 heterocycles. The summed E-state index contributed by atoms with van der Waals surface area (Å²) >= 11 is 0. The Kier molecular flexibility index (Phi) is 4.91. The van der Waals surface area contributed by atoms with E-state index < -0.39 is 6.04 Å². The van der Waals surface area contributed by atoms with Gasteiger partial charge in [-0.25, -0.2) is 15.0 Å². The molecule has 0 aliphatic rings. The van der Waals surface area contributed by atoms with Crippen LogP contribution in [0.25, 0.3) is 78.4 Å². The molecule has 0 unspecified atom stereocenters. The predicted octanol–water partition coefficient (Wildman–Crippen LogP) is 10.1. The summed E-state index contributed by atoms with van der Waals surface area (Å²) in [6, 6.07) is 37.5. The van der Waals surface area contributed by atoms with Crippen LogP contribution in [0.1, 0.15) is 6.85 Å². The molecule has 2 aromatic heterocycles. The zero-order chi connectivity index (χ0) is 32.9. The molecule has 0 aliphatic heterocycles. The molecule has 0 atom stereocenters. The zero-order valence-electron chi connectivity index (χ0n) is 27.8. The fourth-order valence-electron chi connectivity index (χ4n) is 5.26. The normalized spacial score (nSPS) is 12.9. The number of hydrogen-bond donors (Lipinski definition) is 0. The Morgan fingerprint density at radius 2 is 0.930 bits per heavy atom. The lowest BCUT2D eigenvalue weighted by molar-refractivity contribution is 0.669. The summed E-state index contributed by atoms with van der Waals surface area (Å²) in [4.78, 5) is 14.5. The van der Waals surface area contributed by atoms with Gasteiger partial charge < -0.3 is 4.42 Å². The minimum Gasteiger partial charge on any atom is -0.456 e. The van der Waals surface area contributed by atoms with Gasteiger partial charge >= 0.3 is 0 Å². The Balaban J connectivity index is 1.17. The van der Waals surface area contributed by atoms with E-state index in [-0.39, 0.29) is 29.7 Å². The second kappa shape index (κ2) is 10.5. The molecule has 0 aliphatic carbocycles. The molecule has 0 radical (unpaired) electrons. The number of fused-ring (bicyclic) bond motifs is 3. The molecule has 8 rings (SSSR count). The summed E-state index contributed by atoms with van der Waals surface area (Å²) in [5, 5.41) is 1.90. The lowest BCUT2D eigenvalue weighted by Gasteiger charge is -2.08. The molecule has 0 amide bonds. The third-order valence-electron chi connectivity index (χ3n) is 7.44. The van der Waals surface area contributed by atoms with Crippen molar-refractivity contribution in [3.63, 3.8) is 0 Å². The Hall–Kier alpha value is -5.87. The molecule has 0 N–H and O–H groups in total. The van der Waals surface area contributed by atoms with E-state index in [0.29, 0.717) is 28.6 Å². The van der Waals surface area contributed by atoms with E-state index in [1.165, 1.54) is 0 Å². The SMILES string of the molecule is [2H]c1c([2H])c([2H])c(-c2ccc(-c3ccc4oc5cc(-c6nc(-c7ccccc7)nc(-c7ccccc7)n6)ccc5c4c3)cc2)c([2H])c1[2H]. The van der Waals surface area contributed by atoms with Crippen molar-refractivity contribution < 1.29 is 11.3 Å². The first-order valence-corrected chi connectivity index (χ1v) is 13.9. The molecule has 43 heavy (non-hydrogen) atoms. The smallest absolute Gasteiger partial charge is 0.164 e. The van der Waals surface area contributed by atoms with Crippen LogP contribution >= 0.6 is 0 Å². The van der Waals surface area contributed by atoms with E-state index in [1.807, 2.05) is 103 Å². The molecule has 6 aromatic carbocycles. The Morgan fingerprint density at radius 1 is 0.395 bits per heavy atom. The summed E-state index contributed by atoms with van der Waals surface area (Å²) in [6.07, 6.45) is 0. The number of hydrogen-bond acceptors (Lipinski definition) is 4. The highest BCUT2D eigenvalue weighted by atomic mass is 16.3. The third kappa shape index (κ3) is 4.75. The maximum atomic E-state index is 8.32. The van der Waals surface area contributed by atoms with Gasteiger partial charge in [0.05, 0.1) is 6.85 Å². The number of nitrogens with zero attached hydrogens (tertiary/aromatic N) is 3. The molecule has 0 fully saturated rings. The van der Waals surface area contributed by atoms with E-state index in [9.17, 15) is 0 Å². The Morgan fingerprint density at radius 3 is 1.56 bits per heavy atom. The van der Waals surface area contributed by atoms with Gasteiger partial charge in [0.25, 0.3) is 0 Å². The quantitative estimate of drug-likeness (QED) is 0.212. The van der Waals surface area contributed by atoms with Crippen molar-refractivity contribution in [3.8, 4) is 56.4 Å². The molecule has 0 bridgehead atoms. The van der Waals surface area contributed by atoms with Gasteiger partial charge in [-0.1, -0.05) is 127 Å². The topological polar surface area (TPSA) is 51.8 Å². The fourth-order valence-corrected chi connectivity index (χ4v) is 5.26. The minimum absolute atomic E-state index is 0.185. The van der Waals surface area contributed by atoms with E-state index in [1.54, 1.807) is 12.1 Å². The molecular weight excluding hydrogens is 526 g/mol. The number of aromatic nitrogens is 3. The van der Waals surface area contributed by atoms with Crippen molar-refractivity contribution in [1.82, 2.24) is 15.0 Å². The van der Waals surface area contributed by atoms with Gasteiger partial charge in [-0.2, -0.15) is 0 Å². The molecule has 0 spiro atoms. The van der Waals surface area contributed by atoms with E-state index >= 15 is 0 Å². The molecule has 0 saturated heterocycles. The van der Waals surface area contributed by atoms with Crippen molar-refractivity contribution in [3.05, 3.63) is 152 Å². The van der Waals surface area contributed by atoms with Crippen LogP contribution in [-0.4, -0.2) is 15.0 Å². The summed E-state index contributed by atoms with van der Waals surface area (Å²) in [6.45, 7) is 0. The lowest BCUT2D eigenvalue weighted by Crippen LogP contribution is -2.00. The highest BCUT2D eigenvalue weighted by molar-refractivity contribution is 6.07. The zero-order valence-corrected chi connectivity index (χ0v) is 22.8. The molecule has 8 aromatic rings. The van der Waals surface area contributed by atoms with Crippen LogP contribution in [0.5, 0.6) is 0 Å². The van der Waals surface area contributed by atoms with E-state index in [0.717, 1.165) is 44.2 Å². The maximum absolute atomic E-state index is 8.32. The van der Waals surface area contributed by atoms with Gasteiger partial charge in [-0.3, -0.25) is 0 Å². The summed E-state index contributed by atoms with van der Waals surface area (Å²) in [5.74, 6) is 1.72. The van der Waals surface area contributed by atoms with Crippen LogP contribution in [-0.2, 0) is 0 Å². The van der Waals surface area contributed by atoms with Gasteiger partial charge in [0.2, 0.25) is 0 Å². The number of benzene rings is 6. The molecule has 202 valence electrons. The minimum atomic E-state index is -0.402. The van der Waals surface area contributed by atoms with Crippen LogP contribution < -0.4 is 0 Å². The van der Waals surface area contributed by atoms with E-state index in [4.69, 9.17) is 26.2 Å². The van der Waals surface area contributed by atoms with Crippen LogP contribution in [0.15, 0.2) is 156 Å². The highest BCUT2D eigenvalue weighted by Crippen LogP contribution is 2.35. The van der Waals surface area contributed by atoms with Crippen LogP contribution in [0.2, 0.25) is 0 Å². The first kappa shape index (κ1) is 20.1. The average molecular weight is 557 g/mol. The monoisotopic (exact) mass is 556 g/mol. The summed E-state index contributed by atoms with van der Waals surface area (Å²) in [7, 11) is 0. The summed E-state index contributed by atoms with van der Waals surface area (Å²) < 4.78 is 46.8. The maximum Gasteiger partial charge on any atom is 0.164 e. The largest absolute Gasteiger partial charge is 0.456 e. The van der Waals surface area contributed by atoms with Crippen LogP contribution in [0.3, 0.4) is 0 Å². The van der Waals surface area contributed by atoms with Crippen molar-refractivity contribution >= 4 is 21.9 Å². The predicted molar refractivity (Wildman–Crippen MR) is 174 cm³/mol. The molecular formula is C39H25N3O. The van der Waals surface area contributed by atoms with Crippen molar-refractivity contribution in [2.24, 2.45) is 0 Å². The second-order valence-electron chi connectivity index (χ2n) is 10.1. The van der Waals surface area contributed by atoms with Gasteiger partial charge in [-0.15, -0.1) is 0 Å². The lowest BCUT2D eigenvalue weighted by atomic mass is 9.99. The van der Waals surface area contributed by atoms with Gasteiger partial charge in [-0.05, 0) is 46.5 Å². The molecule has 0 saturated carbocycles. The first-order chi connectivity index (χ1) is 23.4. The Labute approximate surface area is 256 Å². The second-order valence-corrected chi connectivity index (χ2v) is 10.1. The Bertz CT molecular complexity index is 2410. The fraction of sp³-hybridized carbons (Fsp3) is 0. The highest BCUT2D eigenvalue weighted by Gasteiger charge is 2.15. The van der Waals surface area contributed by atoms with Gasteiger partial charge in [0.15, 0.2) is 17.5 Å². The third-order valence-corrected chi connectivity index (χ3v) is 7.44.